The van der Waals surface area contributed by atoms with E-state index >= 15 is 0 Å². The van der Waals surface area contributed by atoms with E-state index in [4.69, 9.17) is 4.42 Å². The minimum absolute atomic E-state index is 0.0374. The zero-order chi connectivity index (χ0) is 15.4. The summed E-state index contributed by atoms with van der Waals surface area (Å²) in [5.74, 6) is 0.924. The smallest absolute Gasteiger partial charge is 0.224 e. The molecule has 1 atom stereocenters. The summed E-state index contributed by atoms with van der Waals surface area (Å²) < 4.78 is 5.31. The molecule has 0 saturated carbocycles. The molecule has 112 valence electrons. The Morgan fingerprint density at radius 3 is 2.73 bits per heavy atom. The summed E-state index contributed by atoms with van der Waals surface area (Å²) in [5, 5.41) is 5.33. The van der Waals surface area contributed by atoms with Crippen LogP contribution in [0.25, 0.3) is 10.8 Å². The maximum absolute atomic E-state index is 12.3. The van der Waals surface area contributed by atoms with E-state index in [0.29, 0.717) is 12.8 Å². The summed E-state index contributed by atoms with van der Waals surface area (Å²) in [5.41, 5.74) is 1.06. The average molecular weight is 293 g/mol. The summed E-state index contributed by atoms with van der Waals surface area (Å²) >= 11 is 0. The number of rotatable bonds is 5. The lowest BCUT2D eigenvalue weighted by Crippen LogP contribution is -2.35. The third-order valence-corrected chi connectivity index (χ3v) is 3.73. The molecule has 0 aliphatic carbocycles. The molecule has 1 amide bonds. The molecule has 3 rings (SSSR count). The van der Waals surface area contributed by atoms with E-state index in [-0.39, 0.29) is 11.9 Å². The van der Waals surface area contributed by atoms with Gasteiger partial charge >= 0.3 is 0 Å². The van der Waals surface area contributed by atoms with Crippen molar-refractivity contribution in [1.29, 1.82) is 0 Å². The van der Waals surface area contributed by atoms with E-state index in [1.807, 2.05) is 43.3 Å². The van der Waals surface area contributed by atoms with Gasteiger partial charge in [0.25, 0.3) is 0 Å². The van der Waals surface area contributed by atoms with Crippen LogP contribution in [0.3, 0.4) is 0 Å². The minimum Gasteiger partial charge on any atom is -0.469 e. The maximum atomic E-state index is 12.3. The molecule has 0 radical (unpaired) electrons. The highest BCUT2D eigenvalue weighted by atomic mass is 16.3. The van der Waals surface area contributed by atoms with Gasteiger partial charge in [-0.1, -0.05) is 42.5 Å². The van der Waals surface area contributed by atoms with Crippen LogP contribution in [0.2, 0.25) is 0 Å². The predicted octanol–water partition coefficient (Wildman–Crippen LogP) is 3.72. The maximum Gasteiger partial charge on any atom is 0.224 e. The lowest BCUT2D eigenvalue weighted by atomic mass is 10.0. The molecule has 3 nitrogen and oxygen atoms in total. The van der Waals surface area contributed by atoms with Gasteiger partial charge in [-0.3, -0.25) is 4.79 Å². The van der Waals surface area contributed by atoms with Crippen LogP contribution < -0.4 is 5.32 Å². The van der Waals surface area contributed by atoms with Gasteiger partial charge in [0.05, 0.1) is 12.7 Å². The molecule has 3 heteroatoms. The van der Waals surface area contributed by atoms with Crippen molar-refractivity contribution in [3.8, 4) is 0 Å². The Morgan fingerprint density at radius 2 is 1.91 bits per heavy atom. The summed E-state index contributed by atoms with van der Waals surface area (Å²) in [4.78, 5) is 12.3. The Balaban J connectivity index is 1.65. The fourth-order valence-corrected chi connectivity index (χ4v) is 2.73. The molecule has 1 heterocycles. The molecular formula is C19H19NO2. The number of furan rings is 1. The van der Waals surface area contributed by atoms with Crippen LogP contribution in [0.5, 0.6) is 0 Å². The van der Waals surface area contributed by atoms with Crippen molar-refractivity contribution in [2.45, 2.75) is 25.8 Å². The molecule has 2 aromatic carbocycles. The minimum atomic E-state index is 0.0374. The second-order valence-electron chi connectivity index (χ2n) is 5.57. The number of carbonyl (C=O) groups excluding carboxylic acids is 1. The summed E-state index contributed by atoms with van der Waals surface area (Å²) in [6.07, 6.45) is 2.75. The Labute approximate surface area is 130 Å². The van der Waals surface area contributed by atoms with Gasteiger partial charge in [-0.05, 0) is 35.4 Å². The largest absolute Gasteiger partial charge is 0.469 e. The molecule has 0 saturated heterocycles. The molecule has 1 unspecified atom stereocenters. The van der Waals surface area contributed by atoms with Crippen molar-refractivity contribution in [3.05, 3.63) is 72.2 Å². The number of benzene rings is 2. The second kappa shape index (κ2) is 6.48. The van der Waals surface area contributed by atoms with Crippen LogP contribution in [0.15, 0.2) is 65.3 Å². The van der Waals surface area contributed by atoms with E-state index < -0.39 is 0 Å². The lowest BCUT2D eigenvalue weighted by Gasteiger charge is -2.13. The van der Waals surface area contributed by atoms with Crippen molar-refractivity contribution in [2.75, 3.05) is 0 Å². The highest BCUT2D eigenvalue weighted by molar-refractivity contribution is 5.90. The topological polar surface area (TPSA) is 42.2 Å². The molecular weight excluding hydrogens is 274 g/mol. The van der Waals surface area contributed by atoms with Crippen molar-refractivity contribution in [3.63, 3.8) is 0 Å². The van der Waals surface area contributed by atoms with Crippen LogP contribution in [0, 0.1) is 0 Å². The van der Waals surface area contributed by atoms with Crippen LogP contribution in [0.1, 0.15) is 18.2 Å². The van der Waals surface area contributed by atoms with Gasteiger partial charge in [-0.15, -0.1) is 0 Å². The number of carbonyl (C=O) groups is 1. The fourth-order valence-electron chi connectivity index (χ4n) is 2.73. The average Bonchev–Trinajstić information content (AvgIpc) is 3.00. The van der Waals surface area contributed by atoms with Crippen molar-refractivity contribution >= 4 is 16.7 Å². The molecule has 1 N–H and O–H groups in total. The Bertz CT molecular complexity index is 757. The third-order valence-electron chi connectivity index (χ3n) is 3.73. The quantitative estimate of drug-likeness (QED) is 0.779. The molecule has 0 spiro atoms. The van der Waals surface area contributed by atoms with Gasteiger partial charge in [0.15, 0.2) is 0 Å². The number of amides is 1. The SMILES string of the molecule is CC(Cc1ccco1)NC(=O)Cc1cccc2ccccc12. The van der Waals surface area contributed by atoms with Crippen molar-refractivity contribution in [1.82, 2.24) is 5.32 Å². The predicted molar refractivity (Wildman–Crippen MR) is 87.7 cm³/mol. The van der Waals surface area contributed by atoms with E-state index in [2.05, 4.69) is 23.5 Å². The van der Waals surface area contributed by atoms with Gasteiger partial charge in [0.1, 0.15) is 5.76 Å². The molecule has 0 aliphatic rings. The normalized spacial score (nSPS) is 12.2. The van der Waals surface area contributed by atoms with Gasteiger partial charge in [0.2, 0.25) is 5.91 Å². The molecule has 3 aromatic rings. The standard InChI is InChI=1S/C19H19NO2/c1-14(12-17-9-5-11-22-17)20-19(21)13-16-8-4-7-15-6-2-3-10-18(15)16/h2-11,14H,12-13H2,1H3,(H,20,21). The highest BCUT2D eigenvalue weighted by Crippen LogP contribution is 2.18. The third kappa shape index (κ3) is 3.37. The van der Waals surface area contributed by atoms with Gasteiger partial charge in [-0.2, -0.15) is 0 Å². The molecule has 0 fully saturated rings. The van der Waals surface area contributed by atoms with Crippen molar-refractivity contribution < 1.29 is 9.21 Å². The zero-order valence-corrected chi connectivity index (χ0v) is 12.6. The first-order chi connectivity index (χ1) is 10.7. The molecule has 0 aliphatic heterocycles. The van der Waals surface area contributed by atoms with Crippen LogP contribution in [0.4, 0.5) is 0 Å². The first kappa shape index (κ1) is 14.4. The zero-order valence-electron chi connectivity index (χ0n) is 12.6. The van der Waals surface area contributed by atoms with E-state index in [1.165, 1.54) is 0 Å². The van der Waals surface area contributed by atoms with Crippen LogP contribution in [-0.4, -0.2) is 11.9 Å². The van der Waals surface area contributed by atoms with Gasteiger partial charge in [-0.25, -0.2) is 0 Å². The Hall–Kier alpha value is -2.55. The number of hydrogen-bond donors (Lipinski definition) is 1. The van der Waals surface area contributed by atoms with Gasteiger partial charge < -0.3 is 9.73 Å². The molecule has 0 bridgehead atoms. The number of fused-ring (bicyclic) bond motifs is 1. The summed E-state index contributed by atoms with van der Waals surface area (Å²) in [6.45, 7) is 1.99. The Morgan fingerprint density at radius 1 is 1.09 bits per heavy atom. The first-order valence-corrected chi connectivity index (χ1v) is 7.51. The van der Waals surface area contributed by atoms with Gasteiger partial charge in [0, 0.05) is 12.5 Å². The van der Waals surface area contributed by atoms with E-state index in [0.717, 1.165) is 22.1 Å². The number of hydrogen-bond acceptors (Lipinski definition) is 2. The summed E-state index contributed by atoms with van der Waals surface area (Å²) in [7, 11) is 0. The van der Waals surface area contributed by atoms with Crippen molar-refractivity contribution in [2.24, 2.45) is 0 Å². The van der Waals surface area contributed by atoms with Crippen LogP contribution in [-0.2, 0) is 17.6 Å². The number of nitrogens with one attached hydrogen (secondary N) is 1. The van der Waals surface area contributed by atoms with E-state index in [9.17, 15) is 4.79 Å². The monoisotopic (exact) mass is 293 g/mol. The Kier molecular flexibility index (Phi) is 4.24. The lowest BCUT2D eigenvalue weighted by molar-refractivity contribution is -0.121. The highest BCUT2D eigenvalue weighted by Gasteiger charge is 2.11. The second-order valence-corrected chi connectivity index (χ2v) is 5.57. The van der Waals surface area contributed by atoms with Crippen LogP contribution >= 0.6 is 0 Å². The fraction of sp³-hybridized carbons (Fsp3) is 0.211. The van der Waals surface area contributed by atoms with E-state index in [1.54, 1.807) is 6.26 Å². The summed E-state index contributed by atoms with van der Waals surface area (Å²) in [6, 6.07) is 18.1. The first-order valence-electron chi connectivity index (χ1n) is 7.51. The molecule has 22 heavy (non-hydrogen) atoms. The molecule has 1 aromatic heterocycles.